The highest BCUT2D eigenvalue weighted by molar-refractivity contribution is 5.78. The van der Waals surface area contributed by atoms with E-state index in [2.05, 4.69) is 126 Å². The van der Waals surface area contributed by atoms with Gasteiger partial charge in [0.2, 0.25) is 0 Å². The number of allylic oxidation sites excluding steroid dienone is 7. The minimum Gasteiger partial charge on any atom is -0.0955 e. The molecule has 36 heavy (non-hydrogen) atoms. The van der Waals surface area contributed by atoms with E-state index < -0.39 is 0 Å². The lowest BCUT2D eigenvalue weighted by Crippen LogP contribution is -1.95. The van der Waals surface area contributed by atoms with Gasteiger partial charge in [-0.15, -0.1) is 0 Å². The third kappa shape index (κ3) is 7.82. The van der Waals surface area contributed by atoms with Gasteiger partial charge >= 0.3 is 0 Å². The van der Waals surface area contributed by atoms with Crippen molar-refractivity contribution in [3.05, 3.63) is 131 Å². The van der Waals surface area contributed by atoms with Crippen LogP contribution in [0.4, 0.5) is 0 Å². The molecule has 1 aliphatic rings. The maximum absolute atomic E-state index is 3.86. The molecule has 0 aromatic heterocycles. The number of rotatable bonds is 4. The molecule has 0 heterocycles. The first-order chi connectivity index (χ1) is 17.3. The van der Waals surface area contributed by atoms with Crippen LogP contribution in [-0.2, 0) is 0 Å². The fraction of sp³-hybridized carbons (Fsp3) is 0.278. The van der Waals surface area contributed by atoms with Gasteiger partial charge < -0.3 is 0 Å². The number of hydrogen-bond donors (Lipinski definition) is 0. The van der Waals surface area contributed by atoms with E-state index in [-0.39, 0.29) is 0 Å². The molecule has 0 fully saturated rings. The maximum Gasteiger partial charge on any atom is -0.0146 e. The summed E-state index contributed by atoms with van der Waals surface area (Å²) in [6.45, 7) is 20.9. The van der Waals surface area contributed by atoms with Crippen molar-refractivity contribution in [3.8, 4) is 11.1 Å². The first kappa shape index (κ1) is 28.9. The molecule has 188 valence electrons. The molecule has 0 bridgehead atoms. The van der Waals surface area contributed by atoms with Gasteiger partial charge in [0.25, 0.3) is 0 Å². The molecule has 0 heteroatoms. The van der Waals surface area contributed by atoms with Crippen LogP contribution in [0, 0.1) is 20.8 Å². The van der Waals surface area contributed by atoms with Crippen LogP contribution in [0.25, 0.3) is 22.3 Å². The van der Waals surface area contributed by atoms with Gasteiger partial charge in [0.1, 0.15) is 0 Å². The largest absolute Gasteiger partial charge is 0.0955 e. The van der Waals surface area contributed by atoms with Crippen molar-refractivity contribution in [1.82, 2.24) is 0 Å². The zero-order valence-electron chi connectivity index (χ0n) is 23.7. The fourth-order valence-corrected chi connectivity index (χ4v) is 4.23. The lowest BCUT2D eigenvalue weighted by molar-refractivity contribution is 0.969. The minimum absolute atomic E-state index is 1.13. The molecule has 4 rings (SSSR count). The van der Waals surface area contributed by atoms with Gasteiger partial charge in [-0.25, -0.2) is 0 Å². The molecule has 0 amide bonds. The summed E-state index contributed by atoms with van der Waals surface area (Å²) in [5, 5.41) is 0. The molecule has 1 aliphatic carbocycles. The van der Waals surface area contributed by atoms with Crippen molar-refractivity contribution in [1.29, 1.82) is 0 Å². The smallest absolute Gasteiger partial charge is 0.0146 e. The van der Waals surface area contributed by atoms with Gasteiger partial charge in [-0.1, -0.05) is 110 Å². The summed E-state index contributed by atoms with van der Waals surface area (Å²) in [7, 11) is 0. The van der Waals surface area contributed by atoms with Gasteiger partial charge in [0.15, 0.2) is 0 Å². The van der Waals surface area contributed by atoms with Crippen LogP contribution < -0.4 is 0 Å². The Kier molecular flexibility index (Phi) is 11.4. The predicted octanol–water partition coefficient (Wildman–Crippen LogP) is 11.1. The monoisotopic (exact) mass is 476 g/mol. The van der Waals surface area contributed by atoms with E-state index in [9.17, 15) is 0 Å². The lowest BCUT2D eigenvalue weighted by atomic mass is 9.89. The molecule has 0 aliphatic heterocycles. The Labute approximate surface area is 220 Å². The van der Waals surface area contributed by atoms with Gasteiger partial charge in [0, 0.05) is 0 Å². The SMILES string of the molecule is C/C(C1=CC=CCC1)=C(\C)c1ccc(C)c(-c2ccccc2C)c1.C=C(C)c1ccc(C)cc1.CC. The Balaban J connectivity index is 0.000000318. The first-order valence-electron chi connectivity index (χ1n) is 13.2. The van der Waals surface area contributed by atoms with Crippen molar-refractivity contribution in [2.24, 2.45) is 0 Å². The summed E-state index contributed by atoms with van der Waals surface area (Å²) in [4.78, 5) is 0. The second-order valence-electron chi connectivity index (χ2n) is 9.40. The number of benzene rings is 3. The van der Waals surface area contributed by atoms with E-state index in [4.69, 9.17) is 0 Å². The second kappa shape index (κ2) is 14.2. The first-order valence-corrected chi connectivity index (χ1v) is 13.2. The van der Waals surface area contributed by atoms with Crippen LogP contribution in [0.3, 0.4) is 0 Å². The Bertz CT molecular complexity index is 1240. The second-order valence-corrected chi connectivity index (χ2v) is 9.40. The Hall–Kier alpha value is -3.38. The third-order valence-corrected chi connectivity index (χ3v) is 6.71. The molecule has 0 saturated carbocycles. The van der Waals surface area contributed by atoms with Crippen LogP contribution >= 0.6 is 0 Å². The molecule has 0 N–H and O–H groups in total. The molecule has 0 radical (unpaired) electrons. The van der Waals surface area contributed by atoms with Gasteiger partial charge in [-0.3, -0.25) is 0 Å². The molecule has 0 spiro atoms. The molecule has 0 saturated heterocycles. The summed E-state index contributed by atoms with van der Waals surface area (Å²) in [6.07, 6.45) is 8.99. The predicted molar refractivity (Wildman–Crippen MR) is 163 cm³/mol. The average molecular weight is 477 g/mol. The molecule has 0 unspecified atom stereocenters. The van der Waals surface area contributed by atoms with Crippen molar-refractivity contribution < 1.29 is 0 Å². The van der Waals surface area contributed by atoms with E-state index >= 15 is 0 Å². The number of hydrogen-bond acceptors (Lipinski definition) is 0. The molecular weight excluding hydrogens is 432 g/mol. The maximum atomic E-state index is 3.86. The summed E-state index contributed by atoms with van der Waals surface area (Å²) in [5.41, 5.74) is 14.6. The number of aryl methyl sites for hydroxylation is 3. The molecule has 3 aromatic carbocycles. The van der Waals surface area contributed by atoms with Crippen LogP contribution in [0.1, 0.15) is 75.3 Å². The Morgan fingerprint density at radius 3 is 1.89 bits per heavy atom. The lowest BCUT2D eigenvalue weighted by Gasteiger charge is -2.16. The zero-order valence-corrected chi connectivity index (χ0v) is 23.7. The van der Waals surface area contributed by atoms with E-state index in [0.29, 0.717) is 0 Å². The van der Waals surface area contributed by atoms with E-state index in [1.54, 1.807) is 0 Å². The summed E-state index contributed by atoms with van der Waals surface area (Å²) < 4.78 is 0. The van der Waals surface area contributed by atoms with Crippen molar-refractivity contribution in [2.75, 3.05) is 0 Å². The van der Waals surface area contributed by atoms with E-state index in [1.807, 2.05) is 20.8 Å². The molecule has 0 nitrogen and oxygen atoms in total. The topological polar surface area (TPSA) is 0 Å². The highest BCUT2D eigenvalue weighted by atomic mass is 14.2. The highest BCUT2D eigenvalue weighted by Gasteiger charge is 2.10. The molecular formula is C36H44. The van der Waals surface area contributed by atoms with Crippen molar-refractivity contribution in [2.45, 2.75) is 68.2 Å². The summed E-state index contributed by atoms with van der Waals surface area (Å²) in [5.74, 6) is 0. The minimum atomic E-state index is 1.13. The Morgan fingerprint density at radius 2 is 1.31 bits per heavy atom. The summed E-state index contributed by atoms with van der Waals surface area (Å²) in [6, 6.07) is 23.9. The van der Waals surface area contributed by atoms with Crippen LogP contribution in [0.2, 0.25) is 0 Å². The van der Waals surface area contributed by atoms with Gasteiger partial charge in [-0.05, 0) is 111 Å². The normalized spacial score (nSPS) is 12.8. The Morgan fingerprint density at radius 1 is 0.694 bits per heavy atom. The van der Waals surface area contributed by atoms with Crippen LogP contribution in [-0.4, -0.2) is 0 Å². The van der Waals surface area contributed by atoms with Crippen LogP contribution in [0.5, 0.6) is 0 Å². The van der Waals surface area contributed by atoms with Gasteiger partial charge in [0.05, 0.1) is 0 Å². The quantitative estimate of drug-likeness (QED) is 0.351. The zero-order chi connectivity index (χ0) is 26.7. The summed E-state index contributed by atoms with van der Waals surface area (Å²) >= 11 is 0. The van der Waals surface area contributed by atoms with Crippen LogP contribution in [0.15, 0.2) is 103 Å². The van der Waals surface area contributed by atoms with Crippen molar-refractivity contribution >= 4 is 11.1 Å². The molecule has 0 atom stereocenters. The standard InChI is InChI=1S/C24H26.C10H12.C2H6/c1-17-10-8-9-13-23(17)24-16-22(15-14-18(24)2)20(4)19(3)21-11-6-5-7-12-21;1-8(2)10-6-4-9(3)5-7-10;1-2/h5-6,8-11,13-16H,7,12H2,1-4H3;4-7H,1H2,2-3H3;1-2H3/b20-19-;;. The average Bonchev–Trinajstić information content (AvgIpc) is 2.91. The molecule has 3 aromatic rings. The van der Waals surface area contributed by atoms with Crippen molar-refractivity contribution in [3.63, 3.8) is 0 Å². The fourth-order valence-electron chi connectivity index (χ4n) is 4.23. The third-order valence-electron chi connectivity index (χ3n) is 6.71. The van der Waals surface area contributed by atoms with Gasteiger partial charge in [-0.2, -0.15) is 0 Å². The van der Waals surface area contributed by atoms with E-state index in [1.165, 1.54) is 55.7 Å². The highest BCUT2D eigenvalue weighted by Crippen LogP contribution is 2.32. The van der Waals surface area contributed by atoms with E-state index in [0.717, 1.165) is 18.4 Å².